The molecule has 2 aliphatic heterocycles. The average Bonchev–Trinajstić information content (AvgIpc) is 3.92. The number of thiophene rings is 2. The fourth-order valence-electron chi connectivity index (χ4n) is 13.5. The van der Waals surface area contributed by atoms with Gasteiger partial charge >= 0.3 is 6.85 Å². The van der Waals surface area contributed by atoms with Crippen molar-refractivity contribution in [3.05, 3.63) is 161 Å². The van der Waals surface area contributed by atoms with Crippen LogP contribution in [0.2, 0.25) is 0 Å². The molecule has 0 unspecified atom stereocenters. The highest BCUT2D eigenvalue weighted by molar-refractivity contribution is 7.33. The van der Waals surface area contributed by atoms with Gasteiger partial charge in [0.15, 0.2) is 0 Å². The molecular weight excluding hydrogens is 920 g/mol. The van der Waals surface area contributed by atoms with Gasteiger partial charge in [0.2, 0.25) is 0 Å². The van der Waals surface area contributed by atoms with Crippen LogP contribution in [0.3, 0.4) is 0 Å². The minimum atomic E-state index is -0.0872. The average molecular weight is 991 g/mol. The number of rotatable bonds is 3. The van der Waals surface area contributed by atoms with Crippen LogP contribution in [0.25, 0.3) is 52.5 Å². The summed E-state index contributed by atoms with van der Waals surface area (Å²) in [7, 11) is 0. The van der Waals surface area contributed by atoms with Crippen LogP contribution in [0.15, 0.2) is 127 Å². The van der Waals surface area contributed by atoms with Gasteiger partial charge in [-0.25, -0.2) is 0 Å². The van der Waals surface area contributed by atoms with E-state index in [1.165, 1.54) is 150 Å². The molecule has 0 bridgehead atoms. The van der Waals surface area contributed by atoms with Crippen molar-refractivity contribution in [1.82, 2.24) is 0 Å². The molecule has 0 radical (unpaired) electrons. The lowest BCUT2D eigenvalue weighted by Gasteiger charge is -2.47. The standard InChI is InChI=1S/C68H71BN2S2/c1-63(2,3)41-25-29-53(46(34-41)40-20-16-15-17-21-40)70-55-38-47-44-22-18-19-23-56(44)72-61(47)58-45-27-24-42(64(4,5)6)35-54(45)71(43-26-28-49-50(36-43)66(9,10)31-30-65(49,7)8)69(59(55)58)62-60(70)48-37-51-52(39-57(48)73-62)68(13,14)33-32-67(51,11)12/h15-29,34-39H,30-33H2,1-14H3. The predicted molar refractivity (Wildman–Crippen MR) is 322 cm³/mol. The van der Waals surface area contributed by atoms with Crippen molar-refractivity contribution in [3.63, 3.8) is 0 Å². The fraction of sp³-hybridized carbons (Fsp3) is 0.353. The quantitative estimate of drug-likeness (QED) is 0.163. The van der Waals surface area contributed by atoms with Gasteiger partial charge in [-0.05, 0) is 157 Å². The molecular formula is C68H71BN2S2. The summed E-state index contributed by atoms with van der Waals surface area (Å²) in [5, 5.41) is 4.04. The van der Waals surface area contributed by atoms with Gasteiger partial charge in [0, 0.05) is 68.8 Å². The Bertz CT molecular complexity index is 3790. The maximum Gasteiger partial charge on any atom is 0.343 e. The molecule has 2 aliphatic carbocycles. The Balaban J connectivity index is 1.23. The van der Waals surface area contributed by atoms with Gasteiger partial charge in [-0.15, -0.1) is 22.7 Å². The summed E-state index contributed by atoms with van der Waals surface area (Å²) >= 11 is 4.04. The van der Waals surface area contributed by atoms with Crippen LogP contribution in [0, 0.1) is 0 Å². The zero-order chi connectivity index (χ0) is 51.1. The van der Waals surface area contributed by atoms with E-state index in [-0.39, 0.29) is 39.3 Å². The van der Waals surface area contributed by atoms with E-state index in [0.29, 0.717) is 0 Å². The van der Waals surface area contributed by atoms with E-state index in [9.17, 15) is 0 Å². The van der Waals surface area contributed by atoms with Gasteiger partial charge in [0.05, 0.1) is 11.4 Å². The van der Waals surface area contributed by atoms with Gasteiger partial charge in [0.1, 0.15) is 0 Å². The molecule has 13 rings (SSSR count). The summed E-state index contributed by atoms with van der Waals surface area (Å²) in [4.78, 5) is 5.59. The molecule has 4 heterocycles. The molecule has 9 aromatic rings. The van der Waals surface area contributed by atoms with Gasteiger partial charge in [0.25, 0.3) is 0 Å². The van der Waals surface area contributed by atoms with E-state index in [2.05, 4.69) is 245 Å². The Hall–Kier alpha value is -5.62. The second-order valence-electron chi connectivity index (χ2n) is 27.1. The molecule has 0 saturated heterocycles. The van der Waals surface area contributed by atoms with Crippen LogP contribution >= 0.6 is 22.7 Å². The molecule has 7 aromatic carbocycles. The third kappa shape index (κ3) is 6.99. The highest BCUT2D eigenvalue weighted by atomic mass is 32.1. The highest BCUT2D eigenvalue weighted by Crippen LogP contribution is 2.58. The Morgan fingerprint density at radius 2 is 1.07 bits per heavy atom. The zero-order valence-corrected chi connectivity index (χ0v) is 47.4. The second-order valence-corrected chi connectivity index (χ2v) is 29.2. The van der Waals surface area contributed by atoms with Gasteiger partial charge in [-0.1, -0.05) is 170 Å². The zero-order valence-electron chi connectivity index (χ0n) is 45.7. The topological polar surface area (TPSA) is 6.48 Å². The molecule has 0 atom stereocenters. The fourth-order valence-corrected chi connectivity index (χ4v) is 16.1. The minimum Gasteiger partial charge on any atom is -0.376 e. The minimum absolute atomic E-state index is 0.0326. The number of fused-ring (bicyclic) bond motifs is 12. The molecule has 2 aromatic heterocycles. The summed E-state index contributed by atoms with van der Waals surface area (Å²) in [6, 6.07) is 50.9. The van der Waals surface area contributed by atoms with Gasteiger partial charge < -0.3 is 9.71 Å². The van der Waals surface area contributed by atoms with Crippen LogP contribution in [0.1, 0.15) is 156 Å². The molecule has 4 aliphatic rings. The van der Waals surface area contributed by atoms with Crippen molar-refractivity contribution in [3.8, 4) is 22.3 Å². The molecule has 0 amide bonds. The Morgan fingerprint density at radius 1 is 0.466 bits per heavy atom. The first-order valence-electron chi connectivity index (χ1n) is 27.1. The summed E-state index contributed by atoms with van der Waals surface area (Å²) in [6.45, 7) is 34.0. The monoisotopic (exact) mass is 991 g/mol. The van der Waals surface area contributed by atoms with E-state index >= 15 is 0 Å². The van der Waals surface area contributed by atoms with E-state index < -0.39 is 0 Å². The SMILES string of the molecule is CC(C)(C)c1ccc(N2c3cc4c(sc5ccccc54)c4c3B(c3sc5cc6c(cc5c32)C(C)(C)CCC6(C)C)N(c2ccc3c(c2)C(C)(C)CCC3(C)C)c2cc(C(C)(C)C)ccc2-4)c(-c2ccccc2)c1. The van der Waals surface area contributed by atoms with Crippen molar-refractivity contribution in [2.24, 2.45) is 0 Å². The van der Waals surface area contributed by atoms with Crippen LogP contribution in [-0.4, -0.2) is 6.85 Å². The molecule has 73 heavy (non-hydrogen) atoms. The van der Waals surface area contributed by atoms with Gasteiger partial charge in [-0.3, -0.25) is 0 Å². The van der Waals surface area contributed by atoms with Crippen LogP contribution in [-0.2, 0) is 32.5 Å². The predicted octanol–water partition coefficient (Wildman–Crippen LogP) is 18.9. The third-order valence-corrected chi connectivity index (χ3v) is 20.7. The van der Waals surface area contributed by atoms with Crippen LogP contribution in [0.4, 0.5) is 28.4 Å². The maximum absolute atomic E-state index is 2.83. The first-order chi connectivity index (χ1) is 34.4. The van der Waals surface area contributed by atoms with Crippen molar-refractivity contribution in [1.29, 1.82) is 0 Å². The molecule has 0 N–H and O–H groups in total. The van der Waals surface area contributed by atoms with Crippen molar-refractivity contribution in [2.45, 2.75) is 155 Å². The van der Waals surface area contributed by atoms with Gasteiger partial charge in [-0.2, -0.15) is 0 Å². The lowest BCUT2D eigenvalue weighted by Crippen LogP contribution is -2.60. The lowest BCUT2D eigenvalue weighted by atomic mass is 9.46. The van der Waals surface area contributed by atoms with Crippen LogP contribution < -0.4 is 20.0 Å². The first kappa shape index (κ1) is 47.1. The summed E-state index contributed by atoms with van der Waals surface area (Å²) in [5.74, 6) is 0. The number of nitrogens with zero attached hydrogens (tertiary/aromatic N) is 2. The van der Waals surface area contributed by atoms with E-state index in [1.807, 2.05) is 11.3 Å². The molecule has 5 heteroatoms. The molecule has 0 saturated carbocycles. The number of hydrogen-bond donors (Lipinski definition) is 0. The number of anilines is 5. The lowest BCUT2D eigenvalue weighted by molar-refractivity contribution is 0.332. The van der Waals surface area contributed by atoms with E-state index in [0.717, 1.165) is 0 Å². The summed E-state index contributed by atoms with van der Waals surface area (Å²) in [5.41, 5.74) is 22.0. The first-order valence-corrected chi connectivity index (χ1v) is 28.8. The molecule has 368 valence electrons. The highest BCUT2D eigenvalue weighted by Gasteiger charge is 2.50. The van der Waals surface area contributed by atoms with E-state index in [1.54, 1.807) is 0 Å². The summed E-state index contributed by atoms with van der Waals surface area (Å²) in [6.07, 6.45) is 4.72. The Morgan fingerprint density at radius 3 is 1.75 bits per heavy atom. The Labute approximate surface area is 443 Å². The van der Waals surface area contributed by atoms with E-state index in [4.69, 9.17) is 0 Å². The largest absolute Gasteiger partial charge is 0.376 e. The Kier molecular flexibility index (Phi) is 10.00. The van der Waals surface area contributed by atoms with Crippen molar-refractivity contribution < 1.29 is 0 Å². The number of hydrogen-bond acceptors (Lipinski definition) is 4. The maximum atomic E-state index is 2.83. The van der Waals surface area contributed by atoms with Crippen molar-refractivity contribution in [2.75, 3.05) is 9.71 Å². The second kappa shape index (κ2) is 15.5. The molecule has 2 nitrogen and oxygen atoms in total. The normalized spacial score (nSPS) is 18.1. The third-order valence-electron chi connectivity index (χ3n) is 18.3. The molecule has 0 fully saturated rings. The summed E-state index contributed by atoms with van der Waals surface area (Å²) < 4.78 is 5.53. The van der Waals surface area contributed by atoms with Crippen LogP contribution in [0.5, 0.6) is 0 Å². The molecule has 0 spiro atoms. The number of benzene rings is 7. The van der Waals surface area contributed by atoms with Crippen molar-refractivity contribution >= 4 is 98.5 Å². The smallest absolute Gasteiger partial charge is 0.343 e.